The first kappa shape index (κ1) is 18.5. The van der Waals surface area contributed by atoms with E-state index in [1.165, 1.54) is 10.5 Å². The molecule has 0 radical (unpaired) electrons. The molecule has 2 aromatic heterocycles. The van der Waals surface area contributed by atoms with Crippen LogP contribution in [0.15, 0.2) is 53.5 Å². The Hall–Kier alpha value is -3.28. The number of carbonyl (C=O) groups excluding carboxylic acids is 2. The van der Waals surface area contributed by atoms with Crippen LogP contribution in [0.5, 0.6) is 0 Å². The predicted molar refractivity (Wildman–Crippen MR) is 101 cm³/mol. The molecule has 138 valence electrons. The highest BCUT2D eigenvalue weighted by Gasteiger charge is 2.11. The van der Waals surface area contributed by atoms with Crippen LogP contribution in [0.3, 0.4) is 0 Å². The summed E-state index contributed by atoms with van der Waals surface area (Å²) in [6.45, 7) is 3.70. The van der Waals surface area contributed by atoms with E-state index in [2.05, 4.69) is 4.98 Å². The lowest BCUT2D eigenvalue weighted by Crippen LogP contribution is -2.17. The van der Waals surface area contributed by atoms with Crippen molar-refractivity contribution in [1.82, 2.24) is 9.38 Å². The van der Waals surface area contributed by atoms with Crippen LogP contribution < -0.4 is 5.56 Å². The van der Waals surface area contributed by atoms with E-state index < -0.39 is 5.97 Å². The van der Waals surface area contributed by atoms with E-state index in [0.717, 1.165) is 11.1 Å². The van der Waals surface area contributed by atoms with E-state index in [9.17, 15) is 14.4 Å². The molecule has 0 spiro atoms. The molecule has 2 heterocycles. The number of ether oxygens (including phenoxy) is 1. The summed E-state index contributed by atoms with van der Waals surface area (Å²) in [6, 6.07) is 12.2. The molecule has 0 aliphatic carbocycles. The summed E-state index contributed by atoms with van der Waals surface area (Å²) in [5.41, 5.74) is 3.18. The number of pyridine rings is 1. The molecule has 0 atom stereocenters. The SMILES string of the molecule is Cc1ccc(C(=O)CCC(=O)OCc2cc(=O)n3cccc(C)c3n2)cc1. The maximum absolute atomic E-state index is 12.1. The number of esters is 1. The molecule has 27 heavy (non-hydrogen) atoms. The van der Waals surface area contributed by atoms with Gasteiger partial charge < -0.3 is 4.74 Å². The summed E-state index contributed by atoms with van der Waals surface area (Å²) in [5.74, 6) is -0.605. The molecule has 0 unspecified atom stereocenters. The Labute approximate surface area is 156 Å². The average Bonchev–Trinajstić information content (AvgIpc) is 2.66. The van der Waals surface area contributed by atoms with Gasteiger partial charge in [0, 0.05) is 24.2 Å². The third-order valence-corrected chi connectivity index (χ3v) is 4.25. The monoisotopic (exact) mass is 364 g/mol. The highest BCUT2D eigenvalue weighted by Crippen LogP contribution is 2.09. The van der Waals surface area contributed by atoms with Crippen LogP contribution in [-0.4, -0.2) is 21.1 Å². The van der Waals surface area contributed by atoms with Crippen LogP contribution in [0.4, 0.5) is 0 Å². The number of rotatable bonds is 6. The molecular weight excluding hydrogens is 344 g/mol. The Kier molecular flexibility index (Phi) is 5.45. The Morgan fingerprint density at radius 2 is 1.81 bits per heavy atom. The quantitative estimate of drug-likeness (QED) is 0.496. The lowest BCUT2D eigenvalue weighted by atomic mass is 10.1. The van der Waals surface area contributed by atoms with Crippen molar-refractivity contribution in [3.05, 3.63) is 81.4 Å². The van der Waals surface area contributed by atoms with Crippen molar-refractivity contribution in [2.75, 3.05) is 0 Å². The molecule has 0 fully saturated rings. The largest absolute Gasteiger partial charge is 0.459 e. The molecule has 0 amide bonds. The fourth-order valence-electron chi connectivity index (χ4n) is 2.71. The van der Waals surface area contributed by atoms with Crippen LogP contribution in [0.25, 0.3) is 5.65 Å². The second-order valence-electron chi connectivity index (χ2n) is 6.42. The lowest BCUT2D eigenvalue weighted by molar-refractivity contribution is -0.145. The number of benzene rings is 1. The van der Waals surface area contributed by atoms with Gasteiger partial charge in [0.1, 0.15) is 12.3 Å². The molecule has 6 heteroatoms. The smallest absolute Gasteiger partial charge is 0.306 e. The molecule has 0 saturated carbocycles. The summed E-state index contributed by atoms with van der Waals surface area (Å²) < 4.78 is 6.62. The zero-order valence-electron chi connectivity index (χ0n) is 15.3. The second kappa shape index (κ2) is 7.95. The van der Waals surface area contributed by atoms with E-state index in [-0.39, 0.29) is 30.8 Å². The maximum Gasteiger partial charge on any atom is 0.306 e. The third-order valence-electron chi connectivity index (χ3n) is 4.25. The van der Waals surface area contributed by atoms with Crippen molar-refractivity contribution in [2.24, 2.45) is 0 Å². The Morgan fingerprint density at radius 1 is 1.07 bits per heavy atom. The number of hydrogen-bond acceptors (Lipinski definition) is 5. The van der Waals surface area contributed by atoms with Gasteiger partial charge in [0.05, 0.1) is 12.1 Å². The number of ketones is 1. The molecule has 3 aromatic rings. The van der Waals surface area contributed by atoms with Gasteiger partial charge in [-0.25, -0.2) is 4.98 Å². The van der Waals surface area contributed by atoms with Crippen molar-refractivity contribution in [1.29, 1.82) is 0 Å². The first-order valence-electron chi connectivity index (χ1n) is 8.67. The van der Waals surface area contributed by atoms with Gasteiger partial charge >= 0.3 is 5.97 Å². The number of aryl methyl sites for hydroxylation is 2. The average molecular weight is 364 g/mol. The first-order chi connectivity index (χ1) is 12.9. The van der Waals surface area contributed by atoms with Gasteiger partial charge in [-0.2, -0.15) is 0 Å². The summed E-state index contributed by atoms with van der Waals surface area (Å²) in [6.07, 6.45) is 1.71. The number of aromatic nitrogens is 2. The van der Waals surface area contributed by atoms with Crippen LogP contribution >= 0.6 is 0 Å². The zero-order valence-corrected chi connectivity index (χ0v) is 15.3. The molecule has 0 aliphatic rings. The molecule has 0 bridgehead atoms. The zero-order chi connectivity index (χ0) is 19.4. The van der Waals surface area contributed by atoms with E-state index in [1.54, 1.807) is 24.4 Å². The number of fused-ring (bicyclic) bond motifs is 1. The van der Waals surface area contributed by atoms with Crippen LogP contribution in [0, 0.1) is 13.8 Å². The molecule has 6 nitrogen and oxygen atoms in total. The van der Waals surface area contributed by atoms with Crippen molar-refractivity contribution >= 4 is 17.4 Å². The van der Waals surface area contributed by atoms with Crippen molar-refractivity contribution in [3.8, 4) is 0 Å². The fourth-order valence-corrected chi connectivity index (χ4v) is 2.71. The topological polar surface area (TPSA) is 77.7 Å². The second-order valence-corrected chi connectivity index (χ2v) is 6.42. The highest BCUT2D eigenvalue weighted by atomic mass is 16.5. The van der Waals surface area contributed by atoms with Gasteiger partial charge in [-0.05, 0) is 25.5 Å². The standard InChI is InChI=1S/C21H20N2O4/c1-14-5-7-16(8-6-14)18(24)9-10-20(26)27-13-17-12-19(25)23-11-3-4-15(2)21(23)22-17/h3-8,11-12H,9-10,13H2,1-2H3. The normalized spacial score (nSPS) is 10.7. The van der Waals surface area contributed by atoms with Crippen molar-refractivity contribution in [2.45, 2.75) is 33.3 Å². The summed E-state index contributed by atoms with van der Waals surface area (Å²) >= 11 is 0. The lowest BCUT2D eigenvalue weighted by Gasteiger charge is -2.07. The van der Waals surface area contributed by atoms with Crippen LogP contribution in [-0.2, 0) is 16.1 Å². The third kappa shape index (κ3) is 4.47. The van der Waals surface area contributed by atoms with Gasteiger partial charge in [0.15, 0.2) is 5.78 Å². The molecule has 0 saturated heterocycles. The molecule has 1 aromatic carbocycles. The number of Topliss-reactive ketones (excluding diaryl/α,β-unsaturated/α-hetero) is 1. The Morgan fingerprint density at radius 3 is 2.56 bits per heavy atom. The van der Waals surface area contributed by atoms with Gasteiger partial charge in [-0.15, -0.1) is 0 Å². The Bertz CT molecular complexity index is 1050. The van der Waals surface area contributed by atoms with E-state index in [1.807, 2.05) is 32.0 Å². The fraction of sp³-hybridized carbons (Fsp3) is 0.238. The number of hydrogen-bond donors (Lipinski definition) is 0. The van der Waals surface area contributed by atoms with E-state index >= 15 is 0 Å². The summed E-state index contributed by atoms with van der Waals surface area (Å²) in [5, 5.41) is 0. The Balaban J connectivity index is 1.58. The van der Waals surface area contributed by atoms with Crippen molar-refractivity contribution < 1.29 is 14.3 Å². The van der Waals surface area contributed by atoms with Gasteiger partial charge in [0.25, 0.3) is 5.56 Å². The maximum atomic E-state index is 12.1. The number of nitrogens with zero attached hydrogens (tertiary/aromatic N) is 2. The minimum atomic E-state index is -0.498. The highest BCUT2D eigenvalue weighted by molar-refractivity contribution is 5.97. The molecule has 0 aliphatic heterocycles. The van der Waals surface area contributed by atoms with E-state index in [4.69, 9.17) is 4.74 Å². The van der Waals surface area contributed by atoms with Crippen LogP contribution in [0.2, 0.25) is 0 Å². The first-order valence-corrected chi connectivity index (χ1v) is 8.67. The van der Waals surface area contributed by atoms with Gasteiger partial charge in [-0.3, -0.25) is 18.8 Å². The summed E-state index contributed by atoms with van der Waals surface area (Å²) in [7, 11) is 0. The van der Waals surface area contributed by atoms with Gasteiger partial charge in [-0.1, -0.05) is 35.9 Å². The molecular formula is C21H20N2O4. The predicted octanol–water partition coefficient (Wildman–Crippen LogP) is 3.02. The summed E-state index contributed by atoms with van der Waals surface area (Å²) in [4.78, 5) is 40.5. The van der Waals surface area contributed by atoms with Gasteiger partial charge in [0.2, 0.25) is 0 Å². The van der Waals surface area contributed by atoms with Crippen molar-refractivity contribution in [3.63, 3.8) is 0 Å². The molecule has 3 rings (SSSR count). The minimum absolute atomic E-state index is 0.0156. The number of carbonyl (C=O) groups is 2. The molecule has 0 N–H and O–H groups in total. The van der Waals surface area contributed by atoms with Crippen LogP contribution in [0.1, 0.15) is 40.0 Å². The minimum Gasteiger partial charge on any atom is -0.459 e. The van der Waals surface area contributed by atoms with E-state index in [0.29, 0.717) is 16.9 Å².